The largest absolute Gasteiger partial charge is 0.469 e. The fourth-order valence-electron chi connectivity index (χ4n) is 8.24. The standard InChI is InChI=1S/C47H54N4O8S/c1-58-46(54)35-17-13-32(14-18-35)9-10-33-15-21-38(22-16-33)48-45(53)42-30-40(50-27-4-3-5-28-50)25-26-43(42)49-44(52)37-7-6-8-41(29-37)60(56,57)51(31-34-11-12-34)39-23-19-36(20-24-39)47(55)59-2/h6-8,13-18,21-22,25-26,29-30,34,36,39H,3-5,9-12,19-20,23-24,27-28,31H2,1-2H3,(H,48,53)(H,49,52). The van der Waals surface area contributed by atoms with Crippen LogP contribution in [0, 0.1) is 11.8 Å². The van der Waals surface area contributed by atoms with Gasteiger partial charge < -0.3 is 25.0 Å². The summed E-state index contributed by atoms with van der Waals surface area (Å²) in [5, 5.41) is 5.92. The Labute approximate surface area is 352 Å². The number of sulfonamides is 1. The quantitative estimate of drug-likeness (QED) is 0.114. The van der Waals surface area contributed by atoms with Crippen molar-refractivity contribution in [2.45, 2.75) is 81.6 Å². The van der Waals surface area contributed by atoms with Crippen LogP contribution in [0.15, 0.2) is 95.9 Å². The Hall–Kier alpha value is -5.53. The number of hydrogen-bond donors (Lipinski definition) is 2. The minimum atomic E-state index is -3.98. The Kier molecular flexibility index (Phi) is 13.7. The summed E-state index contributed by atoms with van der Waals surface area (Å²) in [7, 11) is -1.24. The van der Waals surface area contributed by atoms with Crippen molar-refractivity contribution in [3.05, 3.63) is 119 Å². The van der Waals surface area contributed by atoms with Gasteiger partial charge in [0.25, 0.3) is 11.8 Å². The highest BCUT2D eigenvalue weighted by molar-refractivity contribution is 7.89. The molecule has 3 aliphatic rings. The first-order chi connectivity index (χ1) is 29.0. The van der Waals surface area contributed by atoms with Gasteiger partial charge in [-0.1, -0.05) is 30.3 Å². The van der Waals surface area contributed by atoms with E-state index in [2.05, 4.69) is 15.5 Å². The number of carbonyl (C=O) groups excluding carboxylic acids is 4. The molecule has 0 bridgehead atoms. The predicted octanol–water partition coefficient (Wildman–Crippen LogP) is 7.89. The molecule has 2 amide bonds. The number of hydrogen-bond acceptors (Lipinski definition) is 9. The van der Waals surface area contributed by atoms with Gasteiger partial charge in [0.05, 0.1) is 41.8 Å². The third kappa shape index (κ3) is 10.4. The van der Waals surface area contributed by atoms with Crippen molar-refractivity contribution in [1.82, 2.24) is 4.31 Å². The van der Waals surface area contributed by atoms with Gasteiger partial charge in [0.2, 0.25) is 10.0 Å². The molecule has 0 spiro atoms. The average molecular weight is 835 g/mol. The third-order valence-electron chi connectivity index (χ3n) is 12.0. The molecule has 12 nitrogen and oxygen atoms in total. The van der Waals surface area contributed by atoms with Crippen LogP contribution in [0.5, 0.6) is 0 Å². The van der Waals surface area contributed by atoms with Crippen molar-refractivity contribution >= 4 is 50.8 Å². The minimum absolute atomic E-state index is 0.0317. The van der Waals surface area contributed by atoms with Crippen LogP contribution >= 0.6 is 0 Å². The smallest absolute Gasteiger partial charge is 0.337 e. The van der Waals surface area contributed by atoms with Crippen LogP contribution in [0.4, 0.5) is 17.1 Å². The van der Waals surface area contributed by atoms with Crippen molar-refractivity contribution in [3.8, 4) is 0 Å². The molecule has 7 rings (SSSR count). The van der Waals surface area contributed by atoms with Crippen LogP contribution < -0.4 is 15.5 Å². The monoisotopic (exact) mass is 834 g/mol. The normalized spacial score (nSPS) is 18.1. The zero-order valence-electron chi connectivity index (χ0n) is 34.4. The fourth-order valence-corrected chi connectivity index (χ4v) is 10.0. The summed E-state index contributed by atoms with van der Waals surface area (Å²) in [6.45, 7) is 2.15. The van der Waals surface area contributed by atoms with Crippen molar-refractivity contribution in [3.63, 3.8) is 0 Å². The lowest BCUT2D eigenvalue weighted by molar-refractivity contribution is -0.146. The molecule has 3 fully saturated rings. The molecule has 60 heavy (non-hydrogen) atoms. The van der Waals surface area contributed by atoms with Gasteiger partial charge in [-0.25, -0.2) is 13.2 Å². The Morgan fingerprint density at radius 2 is 1.37 bits per heavy atom. The number of nitrogens with zero attached hydrogens (tertiary/aromatic N) is 2. The van der Waals surface area contributed by atoms with Gasteiger partial charge in [0.15, 0.2) is 0 Å². The number of rotatable bonds is 15. The summed E-state index contributed by atoms with van der Waals surface area (Å²) in [6.07, 6.45) is 8.98. The lowest BCUT2D eigenvalue weighted by atomic mass is 9.86. The van der Waals surface area contributed by atoms with E-state index in [9.17, 15) is 27.6 Å². The van der Waals surface area contributed by atoms with Gasteiger partial charge in [0.1, 0.15) is 0 Å². The molecule has 2 saturated carbocycles. The molecule has 2 aliphatic carbocycles. The number of carbonyl (C=O) groups is 4. The maximum Gasteiger partial charge on any atom is 0.337 e. The molecular formula is C47H54N4O8S. The second-order valence-electron chi connectivity index (χ2n) is 16.1. The fraction of sp³-hybridized carbons (Fsp3) is 0.404. The number of aryl methyl sites for hydroxylation is 2. The van der Waals surface area contributed by atoms with Crippen LogP contribution in [0.25, 0.3) is 0 Å². The van der Waals surface area contributed by atoms with Crippen molar-refractivity contribution in [2.75, 3.05) is 49.4 Å². The molecule has 1 saturated heterocycles. The highest BCUT2D eigenvalue weighted by Gasteiger charge is 2.39. The molecule has 1 aliphatic heterocycles. The molecule has 0 unspecified atom stereocenters. The Bertz CT molecular complexity index is 2280. The summed E-state index contributed by atoms with van der Waals surface area (Å²) in [5.41, 5.74) is 4.89. The summed E-state index contributed by atoms with van der Waals surface area (Å²) in [6, 6.07) is 26.2. The zero-order valence-corrected chi connectivity index (χ0v) is 35.2. The number of ether oxygens (including phenoxy) is 2. The van der Waals surface area contributed by atoms with E-state index < -0.39 is 21.8 Å². The van der Waals surface area contributed by atoms with Gasteiger partial charge in [-0.05, 0) is 148 Å². The molecule has 0 aromatic heterocycles. The lowest BCUT2D eigenvalue weighted by Crippen LogP contribution is -2.44. The first kappa shape index (κ1) is 42.6. The van der Waals surface area contributed by atoms with Gasteiger partial charge in [0, 0.05) is 42.6 Å². The van der Waals surface area contributed by atoms with Crippen LogP contribution in [0.1, 0.15) is 100.0 Å². The zero-order chi connectivity index (χ0) is 42.2. The summed E-state index contributed by atoms with van der Waals surface area (Å²) < 4.78 is 39.9. The van der Waals surface area contributed by atoms with Crippen molar-refractivity contribution < 1.29 is 37.1 Å². The van der Waals surface area contributed by atoms with E-state index in [1.165, 1.54) is 26.4 Å². The van der Waals surface area contributed by atoms with Crippen molar-refractivity contribution in [1.29, 1.82) is 0 Å². The van der Waals surface area contributed by atoms with Crippen LogP contribution in [0.3, 0.4) is 0 Å². The molecular weight excluding hydrogens is 781 g/mol. The van der Waals surface area contributed by atoms with E-state index in [0.717, 1.165) is 74.8 Å². The van der Waals surface area contributed by atoms with E-state index in [-0.39, 0.29) is 39.9 Å². The molecule has 2 N–H and O–H groups in total. The van der Waals surface area contributed by atoms with Gasteiger partial charge in [-0.3, -0.25) is 14.4 Å². The average Bonchev–Trinajstić information content (AvgIpc) is 4.12. The molecule has 13 heteroatoms. The molecule has 4 aromatic rings. The van der Waals surface area contributed by atoms with Gasteiger partial charge >= 0.3 is 11.9 Å². The number of nitrogens with one attached hydrogen (secondary N) is 2. The Morgan fingerprint density at radius 1 is 0.700 bits per heavy atom. The van der Waals surface area contributed by atoms with E-state index in [4.69, 9.17) is 9.47 Å². The third-order valence-corrected chi connectivity index (χ3v) is 13.9. The maximum absolute atomic E-state index is 14.3. The van der Waals surface area contributed by atoms with Crippen molar-refractivity contribution in [2.24, 2.45) is 11.8 Å². The van der Waals surface area contributed by atoms with Crippen LogP contribution in [-0.2, 0) is 37.1 Å². The van der Waals surface area contributed by atoms with E-state index >= 15 is 0 Å². The number of piperidine rings is 1. The summed E-state index contributed by atoms with van der Waals surface area (Å²) in [5.74, 6) is -1.49. The predicted molar refractivity (Wildman–Crippen MR) is 231 cm³/mol. The number of esters is 2. The number of benzene rings is 4. The van der Waals surface area contributed by atoms with Crippen LogP contribution in [-0.4, -0.2) is 76.4 Å². The second-order valence-corrected chi connectivity index (χ2v) is 18.0. The SMILES string of the molecule is COC(=O)c1ccc(CCc2ccc(NC(=O)c3cc(N4CCCCC4)ccc3NC(=O)c3cccc(S(=O)(=O)N(CC4CC4)C4CCC(C(=O)OC)CC4)c3)cc2)cc1. The summed E-state index contributed by atoms with van der Waals surface area (Å²) in [4.78, 5) is 54.2. The van der Waals surface area contributed by atoms with E-state index in [0.29, 0.717) is 55.1 Å². The molecule has 0 atom stereocenters. The molecule has 0 radical (unpaired) electrons. The minimum Gasteiger partial charge on any atom is -0.469 e. The summed E-state index contributed by atoms with van der Waals surface area (Å²) >= 11 is 0. The molecule has 1 heterocycles. The van der Waals surface area contributed by atoms with Gasteiger partial charge in [-0.2, -0.15) is 4.31 Å². The van der Waals surface area contributed by atoms with E-state index in [1.54, 1.807) is 34.6 Å². The number of amides is 2. The van der Waals surface area contributed by atoms with Gasteiger partial charge in [-0.15, -0.1) is 0 Å². The van der Waals surface area contributed by atoms with Crippen LogP contribution in [0.2, 0.25) is 0 Å². The lowest BCUT2D eigenvalue weighted by Gasteiger charge is -2.35. The molecule has 4 aromatic carbocycles. The highest BCUT2D eigenvalue weighted by atomic mass is 32.2. The maximum atomic E-state index is 14.3. The second kappa shape index (κ2) is 19.2. The first-order valence-electron chi connectivity index (χ1n) is 21.0. The topological polar surface area (TPSA) is 151 Å². The molecule has 316 valence electrons. The van der Waals surface area contributed by atoms with E-state index in [1.807, 2.05) is 48.5 Å². The first-order valence-corrected chi connectivity index (χ1v) is 22.4. The Morgan fingerprint density at radius 3 is 2.00 bits per heavy atom. The Balaban J connectivity index is 1.06. The highest BCUT2D eigenvalue weighted by Crippen LogP contribution is 2.37. The number of anilines is 3. The number of methoxy groups -OCH3 is 2.